The number of carbonyl (C=O) groups excluding carboxylic acids is 1. The maximum atomic E-state index is 12.0. The van der Waals surface area contributed by atoms with Crippen LogP contribution < -0.4 is 5.43 Å². The monoisotopic (exact) mass is 329 g/mol. The highest BCUT2D eigenvalue weighted by Crippen LogP contribution is 2.21. The molecule has 0 atom stereocenters. The van der Waals surface area contributed by atoms with Crippen LogP contribution in [0.5, 0.6) is 11.5 Å². The van der Waals surface area contributed by atoms with Gasteiger partial charge in [-0.3, -0.25) is 4.79 Å². The third kappa shape index (κ3) is 3.27. The summed E-state index contributed by atoms with van der Waals surface area (Å²) in [7, 11) is 0. The van der Waals surface area contributed by atoms with Gasteiger partial charge in [-0.1, -0.05) is 11.6 Å². The third-order valence-corrected chi connectivity index (χ3v) is 3.45. The van der Waals surface area contributed by atoms with Crippen LogP contribution in [-0.2, 0) is 0 Å². The van der Waals surface area contributed by atoms with E-state index < -0.39 is 5.91 Å². The van der Waals surface area contributed by atoms with E-state index in [1.807, 2.05) is 0 Å². The summed E-state index contributed by atoms with van der Waals surface area (Å²) in [6.45, 7) is 0. The number of nitrogens with zero attached hydrogens (tertiary/aromatic N) is 1. The molecule has 23 heavy (non-hydrogen) atoms. The molecule has 0 aliphatic carbocycles. The molecule has 4 N–H and O–H groups in total. The summed E-state index contributed by atoms with van der Waals surface area (Å²) in [5.41, 5.74) is 3.86. The highest BCUT2D eigenvalue weighted by atomic mass is 35.5. The van der Waals surface area contributed by atoms with Crippen LogP contribution >= 0.6 is 11.6 Å². The van der Waals surface area contributed by atoms with Gasteiger partial charge in [-0.15, -0.1) is 0 Å². The van der Waals surface area contributed by atoms with Crippen molar-refractivity contribution < 1.29 is 15.0 Å². The molecule has 0 radical (unpaired) electrons. The van der Waals surface area contributed by atoms with Gasteiger partial charge in [0, 0.05) is 27.6 Å². The molecule has 1 aromatic heterocycles. The topological polar surface area (TPSA) is 97.7 Å². The Kier molecular flexibility index (Phi) is 3.91. The van der Waals surface area contributed by atoms with E-state index in [2.05, 4.69) is 15.5 Å². The van der Waals surface area contributed by atoms with Crippen LogP contribution in [0.4, 0.5) is 0 Å². The Morgan fingerprint density at radius 3 is 2.78 bits per heavy atom. The SMILES string of the molecule is O=C(N/N=C/c1ccc(O)cc1O)c1cc2cc(Cl)ccc2[nH]1. The average Bonchev–Trinajstić information content (AvgIpc) is 2.92. The van der Waals surface area contributed by atoms with E-state index in [1.54, 1.807) is 24.3 Å². The van der Waals surface area contributed by atoms with Crippen LogP contribution in [0.1, 0.15) is 16.1 Å². The summed E-state index contributed by atoms with van der Waals surface area (Å²) in [4.78, 5) is 15.0. The molecule has 0 saturated carbocycles. The van der Waals surface area contributed by atoms with E-state index in [0.717, 1.165) is 10.9 Å². The number of hydrazone groups is 1. The predicted octanol–water partition coefficient (Wildman–Crippen LogP) is 3.00. The lowest BCUT2D eigenvalue weighted by atomic mass is 10.2. The first-order chi connectivity index (χ1) is 11.0. The smallest absolute Gasteiger partial charge is 0.287 e. The summed E-state index contributed by atoms with van der Waals surface area (Å²) in [5, 5.41) is 24.0. The first kappa shape index (κ1) is 14.9. The van der Waals surface area contributed by atoms with Gasteiger partial charge in [0.2, 0.25) is 0 Å². The Bertz CT molecular complexity index is 918. The molecule has 0 unspecified atom stereocenters. The van der Waals surface area contributed by atoms with Crippen LogP contribution in [0.25, 0.3) is 10.9 Å². The van der Waals surface area contributed by atoms with E-state index in [4.69, 9.17) is 11.6 Å². The van der Waals surface area contributed by atoms with E-state index >= 15 is 0 Å². The second kappa shape index (κ2) is 6.02. The molecule has 3 rings (SSSR count). The molecule has 0 aliphatic heterocycles. The lowest BCUT2D eigenvalue weighted by molar-refractivity contribution is 0.0951. The van der Waals surface area contributed by atoms with Gasteiger partial charge < -0.3 is 15.2 Å². The number of aromatic nitrogens is 1. The highest BCUT2D eigenvalue weighted by molar-refractivity contribution is 6.31. The number of carbonyl (C=O) groups is 1. The van der Waals surface area contributed by atoms with Gasteiger partial charge in [-0.2, -0.15) is 5.10 Å². The Labute approximate surface area is 136 Å². The minimum Gasteiger partial charge on any atom is -0.508 e. The maximum Gasteiger partial charge on any atom is 0.287 e. The predicted molar refractivity (Wildman–Crippen MR) is 88.1 cm³/mol. The zero-order chi connectivity index (χ0) is 16.4. The first-order valence-electron chi connectivity index (χ1n) is 6.66. The van der Waals surface area contributed by atoms with Gasteiger partial charge in [-0.05, 0) is 36.4 Å². The van der Waals surface area contributed by atoms with Crippen LogP contribution in [0, 0.1) is 0 Å². The molecule has 1 heterocycles. The quantitative estimate of drug-likeness (QED) is 0.439. The van der Waals surface area contributed by atoms with Crippen molar-refractivity contribution in [1.29, 1.82) is 0 Å². The fourth-order valence-electron chi connectivity index (χ4n) is 2.09. The fourth-order valence-corrected chi connectivity index (χ4v) is 2.27. The fraction of sp³-hybridized carbons (Fsp3) is 0. The highest BCUT2D eigenvalue weighted by Gasteiger charge is 2.09. The van der Waals surface area contributed by atoms with Gasteiger partial charge >= 0.3 is 0 Å². The number of hydrogen-bond donors (Lipinski definition) is 4. The first-order valence-corrected chi connectivity index (χ1v) is 7.04. The normalized spacial score (nSPS) is 11.2. The molecular weight excluding hydrogens is 318 g/mol. The molecule has 116 valence electrons. The van der Waals surface area contributed by atoms with Crippen LogP contribution in [0.2, 0.25) is 5.02 Å². The van der Waals surface area contributed by atoms with Crippen LogP contribution in [0.15, 0.2) is 47.6 Å². The molecule has 0 fully saturated rings. The molecule has 7 heteroatoms. The molecule has 2 aromatic carbocycles. The molecule has 0 spiro atoms. The second-order valence-electron chi connectivity index (χ2n) is 4.86. The largest absolute Gasteiger partial charge is 0.508 e. The van der Waals surface area contributed by atoms with E-state index in [-0.39, 0.29) is 11.5 Å². The van der Waals surface area contributed by atoms with Gasteiger partial charge in [0.15, 0.2) is 0 Å². The second-order valence-corrected chi connectivity index (χ2v) is 5.29. The van der Waals surface area contributed by atoms with Gasteiger partial charge in [0.1, 0.15) is 17.2 Å². The summed E-state index contributed by atoms with van der Waals surface area (Å²) in [6, 6.07) is 11.0. The number of hydrogen-bond acceptors (Lipinski definition) is 4. The summed E-state index contributed by atoms with van der Waals surface area (Å²) >= 11 is 5.91. The third-order valence-electron chi connectivity index (χ3n) is 3.21. The minimum atomic E-state index is -0.424. The number of nitrogens with one attached hydrogen (secondary N) is 2. The summed E-state index contributed by atoms with van der Waals surface area (Å²) in [6.07, 6.45) is 1.28. The molecular formula is C16H12ClN3O3. The summed E-state index contributed by atoms with van der Waals surface area (Å²) < 4.78 is 0. The number of fused-ring (bicyclic) bond motifs is 1. The van der Waals surface area contributed by atoms with Gasteiger partial charge in [-0.25, -0.2) is 5.43 Å². The number of phenolic OH excluding ortho intramolecular Hbond substituents is 2. The van der Waals surface area contributed by atoms with Crippen LogP contribution in [0.3, 0.4) is 0 Å². The maximum absolute atomic E-state index is 12.0. The number of phenols is 2. The van der Waals surface area contributed by atoms with Gasteiger partial charge in [0.05, 0.1) is 6.21 Å². The van der Waals surface area contributed by atoms with Crippen molar-refractivity contribution in [3.8, 4) is 11.5 Å². The lowest BCUT2D eigenvalue weighted by Gasteiger charge is -1.99. The van der Waals surface area contributed by atoms with Crippen molar-refractivity contribution in [3.05, 3.63) is 58.7 Å². The van der Waals surface area contributed by atoms with Crippen molar-refractivity contribution in [2.45, 2.75) is 0 Å². The number of aromatic hydroxyl groups is 2. The van der Waals surface area contributed by atoms with E-state index in [9.17, 15) is 15.0 Å². The van der Waals surface area contributed by atoms with Crippen LogP contribution in [-0.4, -0.2) is 27.3 Å². The van der Waals surface area contributed by atoms with Gasteiger partial charge in [0.25, 0.3) is 5.91 Å². The Hall–Kier alpha value is -2.99. The van der Waals surface area contributed by atoms with Crippen molar-refractivity contribution in [1.82, 2.24) is 10.4 Å². The number of rotatable bonds is 3. The molecule has 6 nitrogen and oxygen atoms in total. The number of halogens is 1. The Balaban J connectivity index is 1.74. The zero-order valence-corrected chi connectivity index (χ0v) is 12.5. The molecule has 1 amide bonds. The minimum absolute atomic E-state index is 0.0552. The van der Waals surface area contributed by atoms with E-state index in [1.165, 1.54) is 24.4 Å². The molecule has 0 aliphatic rings. The molecule has 0 bridgehead atoms. The average molecular weight is 330 g/mol. The van der Waals surface area contributed by atoms with Crippen molar-refractivity contribution in [2.24, 2.45) is 5.10 Å². The molecule has 3 aromatic rings. The molecule has 0 saturated heterocycles. The number of aromatic amines is 1. The van der Waals surface area contributed by atoms with Crippen molar-refractivity contribution >= 4 is 34.6 Å². The number of benzene rings is 2. The standard InChI is InChI=1S/C16H12ClN3O3/c17-11-2-4-13-10(5-11)6-14(19-13)16(23)20-18-8-9-1-3-12(21)7-15(9)22/h1-8,19,21-22H,(H,20,23)/b18-8+. The van der Waals surface area contributed by atoms with Crippen molar-refractivity contribution in [2.75, 3.05) is 0 Å². The number of amides is 1. The van der Waals surface area contributed by atoms with Crippen molar-refractivity contribution in [3.63, 3.8) is 0 Å². The lowest BCUT2D eigenvalue weighted by Crippen LogP contribution is -2.17. The number of H-pyrrole nitrogens is 1. The Morgan fingerprint density at radius 2 is 2.00 bits per heavy atom. The zero-order valence-electron chi connectivity index (χ0n) is 11.7. The Morgan fingerprint density at radius 1 is 1.17 bits per heavy atom. The summed E-state index contributed by atoms with van der Waals surface area (Å²) in [5.74, 6) is -0.615. The van der Waals surface area contributed by atoms with E-state index in [0.29, 0.717) is 16.3 Å².